The van der Waals surface area contributed by atoms with Crippen molar-refractivity contribution in [1.82, 2.24) is 0 Å². The van der Waals surface area contributed by atoms with Crippen LogP contribution in [0, 0.1) is 0 Å². The van der Waals surface area contributed by atoms with Crippen LogP contribution in [-0.2, 0) is 10.8 Å². The van der Waals surface area contributed by atoms with E-state index in [-0.39, 0.29) is 10.8 Å². The van der Waals surface area contributed by atoms with Crippen molar-refractivity contribution >= 4 is 98.7 Å². The zero-order valence-corrected chi connectivity index (χ0v) is 30.8. The number of hydrogen-bond acceptors (Lipinski definition) is 8. The molecule has 0 amide bonds. The largest absolute Gasteiger partial charge is 0.643 e. The second-order valence-electron chi connectivity index (χ2n) is 14.6. The summed E-state index contributed by atoms with van der Waals surface area (Å²) in [5.41, 5.74) is 8.23. The zero-order chi connectivity index (χ0) is 33.3. The summed E-state index contributed by atoms with van der Waals surface area (Å²) in [4.78, 5) is 2.81. The smallest absolute Gasteiger partial charge is 0.519 e. The van der Waals surface area contributed by atoms with Gasteiger partial charge in [-0.3, -0.25) is 0 Å². The van der Waals surface area contributed by atoms with Gasteiger partial charge in [-0.2, -0.15) is 0 Å². The normalized spacial score (nSPS) is 16.9. The second-order valence-corrected chi connectivity index (χ2v) is 18.9. The molecule has 0 N–H and O–H groups in total. The SMILES string of the molecule is CC1(C)c2c(ccc3c4c(ccc23)-c2sc3cc(B5Oc6ccccc6O5)sc3c2C4(C)C)-c2sc3cc(B4Oc5ccccc5O4)sc3c21. The Morgan fingerprint density at radius 1 is 0.460 bits per heavy atom. The molecule has 0 unspecified atom stereocenters. The van der Waals surface area contributed by atoms with Gasteiger partial charge in [0, 0.05) is 39.4 Å². The van der Waals surface area contributed by atoms with E-state index >= 15 is 0 Å². The molecule has 12 rings (SSSR count). The van der Waals surface area contributed by atoms with Gasteiger partial charge in [-0.1, -0.05) is 76.2 Å². The van der Waals surface area contributed by atoms with E-state index in [9.17, 15) is 0 Å². The fourth-order valence-corrected chi connectivity index (χ4v) is 14.9. The first-order valence-corrected chi connectivity index (χ1v) is 20.1. The Balaban J connectivity index is 0.951. The van der Waals surface area contributed by atoms with Crippen molar-refractivity contribution in [3.8, 4) is 43.9 Å². The van der Waals surface area contributed by atoms with Gasteiger partial charge in [0.1, 0.15) is 23.0 Å². The minimum atomic E-state index is -0.396. The van der Waals surface area contributed by atoms with E-state index in [1.54, 1.807) is 0 Å². The molecular weight excluding hydrogens is 694 g/mol. The molecule has 240 valence electrons. The molecule has 0 saturated carbocycles. The predicted molar refractivity (Wildman–Crippen MR) is 212 cm³/mol. The zero-order valence-electron chi connectivity index (χ0n) is 27.5. The highest BCUT2D eigenvalue weighted by Crippen LogP contribution is 2.62. The van der Waals surface area contributed by atoms with Gasteiger partial charge in [0.25, 0.3) is 0 Å². The summed E-state index contributed by atoms with van der Waals surface area (Å²) in [5.74, 6) is 3.25. The van der Waals surface area contributed by atoms with Crippen LogP contribution in [0.25, 0.3) is 50.5 Å². The molecular formula is C40H26B2O4S4. The average Bonchev–Trinajstić information content (AvgIpc) is 3.95. The maximum atomic E-state index is 6.21. The third kappa shape index (κ3) is 3.48. The number of thiophene rings is 4. The molecule has 0 saturated heterocycles. The summed E-state index contributed by atoms with van der Waals surface area (Å²) >= 11 is 7.47. The Bertz CT molecular complexity index is 2580. The average molecular weight is 721 g/mol. The Morgan fingerprint density at radius 3 is 1.22 bits per heavy atom. The van der Waals surface area contributed by atoms with Crippen molar-refractivity contribution in [3.63, 3.8) is 0 Å². The van der Waals surface area contributed by atoms with Crippen LogP contribution in [0.5, 0.6) is 23.0 Å². The van der Waals surface area contributed by atoms with E-state index < -0.39 is 14.2 Å². The number of fused-ring (bicyclic) bond motifs is 15. The van der Waals surface area contributed by atoms with Gasteiger partial charge >= 0.3 is 14.2 Å². The van der Waals surface area contributed by atoms with Gasteiger partial charge in [0.15, 0.2) is 0 Å². The van der Waals surface area contributed by atoms with Gasteiger partial charge in [-0.25, -0.2) is 0 Å². The van der Waals surface area contributed by atoms with E-state index in [2.05, 4.69) is 64.1 Å². The number of para-hydroxylation sites is 4. The molecule has 2 aliphatic heterocycles. The molecule has 10 heteroatoms. The lowest BCUT2D eigenvalue weighted by molar-refractivity contribution is 0.519. The maximum absolute atomic E-state index is 6.21. The van der Waals surface area contributed by atoms with E-state index in [1.165, 1.54) is 72.7 Å². The highest BCUT2D eigenvalue weighted by molar-refractivity contribution is 7.35. The van der Waals surface area contributed by atoms with E-state index in [1.807, 2.05) is 93.9 Å². The standard InChI is InChI=1S/C40H26B2O4S4/c1-39(2)31-19-13-16-22-32(40(3,4)34-36(22)48-28-18-30(50-38(28)34)42-45-25-11-7-8-12-26(25)46-42)20(19)14-15-21(31)35-33(39)37-27(47-35)17-29(49-37)41-43-23-9-5-6-10-24(23)44-41/h5-18H,1-4H3. The summed E-state index contributed by atoms with van der Waals surface area (Å²) in [6.45, 7) is 9.66. The summed E-state index contributed by atoms with van der Waals surface area (Å²) in [7, 11) is -0.793. The van der Waals surface area contributed by atoms with Crippen LogP contribution in [0.4, 0.5) is 0 Å². The predicted octanol–water partition coefficient (Wildman–Crippen LogP) is 10.3. The lowest BCUT2D eigenvalue weighted by Gasteiger charge is -2.26. The molecule has 4 aliphatic rings. The van der Waals surface area contributed by atoms with Gasteiger partial charge in [0.05, 0.1) is 9.55 Å². The van der Waals surface area contributed by atoms with Gasteiger partial charge < -0.3 is 18.6 Å². The van der Waals surface area contributed by atoms with Crippen LogP contribution in [-0.4, -0.2) is 14.2 Å². The maximum Gasteiger partial charge on any atom is 0.643 e. The molecule has 0 atom stereocenters. The van der Waals surface area contributed by atoms with Gasteiger partial charge in [-0.15, -0.1) is 45.3 Å². The van der Waals surface area contributed by atoms with Gasteiger partial charge in [-0.05, 0) is 80.6 Å². The molecule has 4 aromatic heterocycles. The van der Waals surface area contributed by atoms with E-state index in [0.29, 0.717) is 0 Å². The third-order valence-corrected chi connectivity index (χ3v) is 16.0. The van der Waals surface area contributed by atoms with Crippen molar-refractivity contribution in [1.29, 1.82) is 0 Å². The molecule has 4 nitrogen and oxygen atoms in total. The molecule has 0 fully saturated rings. The van der Waals surface area contributed by atoms with Crippen molar-refractivity contribution < 1.29 is 18.6 Å². The van der Waals surface area contributed by atoms with E-state index in [0.717, 1.165) is 32.6 Å². The molecule has 50 heavy (non-hydrogen) atoms. The first-order valence-electron chi connectivity index (χ1n) is 16.9. The van der Waals surface area contributed by atoms with Crippen molar-refractivity contribution in [3.05, 3.63) is 107 Å². The Morgan fingerprint density at radius 2 is 0.840 bits per heavy atom. The topological polar surface area (TPSA) is 36.9 Å². The molecule has 8 aromatic rings. The Labute approximate surface area is 305 Å². The minimum Gasteiger partial charge on any atom is -0.519 e. The molecule has 4 aromatic carbocycles. The number of rotatable bonds is 2. The van der Waals surface area contributed by atoms with Crippen molar-refractivity contribution in [2.45, 2.75) is 38.5 Å². The fraction of sp³-hybridized carbons (Fsp3) is 0.150. The monoisotopic (exact) mass is 720 g/mol. The highest BCUT2D eigenvalue weighted by Gasteiger charge is 2.46. The lowest BCUT2D eigenvalue weighted by Crippen LogP contribution is -2.36. The summed E-state index contributed by atoms with van der Waals surface area (Å²) in [6, 6.07) is 30.0. The summed E-state index contributed by atoms with van der Waals surface area (Å²) in [5, 5.41) is 2.74. The first-order chi connectivity index (χ1) is 24.3. The Hall–Kier alpha value is -4.21. The van der Waals surface area contributed by atoms with Crippen molar-refractivity contribution in [2.24, 2.45) is 0 Å². The lowest BCUT2D eigenvalue weighted by atomic mass is 9.76. The fourth-order valence-electron chi connectivity index (χ4n) is 8.97. The third-order valence-electron chi connectivity index (χ3n) is 11.1. The van der Waals surface area contributed by atoms with Crippen LogP contribution in [0.3, 0.4) is 0 Å². The molecule has 2 aliphatic carbocycles. The quantitative estimate of drug-likeness (QED) is 0.167. The van der Waals surface area contributed by atoms with Gasteiger partial charge in [0.2, 0.25) is 0 Å². The molecule has 0 radical (unpaired) electrons. The second kappa shape index (κ2) is 9.36. The van der Waals surface area contributed by atoms with Crippen LogP contribution in [0.2, 0.25) is 0 Å². The first kappa shape index (κ1) is 28.5. The highest BCUT2D eigenvalue weighted by atomic mass is 32.1. The van der Waals surface area contributed by atoms with Crippen LogP contribution >= 0.6 is 45.3 Å². The van der Waals surface area contributed by atoms with Crippen LogP contribution in [0.1, 0.15) is 49.9 Å². The molecule has 0 bridgehead atoms. The van der Waals surface area contributed by atoms with Crippen molar-refractivity contribution in [2.75, 3.05) is 0 Å². The summed E-state index contributed by atoms with van der Waals surface area (Å²) < 4.78 is 32.4. The minimum absolute atomic E-state index is 0.151. The number of hydrogen-bond donors (Lipinski definition) is 0. The summed E-state index contributed by atoms with van der Waals surface area (Å²) in [6.07, 6.45) is 0. The molecule has 6 heterocycles. The Kier molecular flexibility index (Phi) is 5.33. The van der Waals surface area contributed by atoms with E-state index in [4.69, 9.17) is 18.6 Å². The number of benzene rings is 4. The van der Waals surface area contributed by atoms with Crippen LogP contribution < -0.4 is 28.2 Å². The molecule has 0 spiro atoms. The van der Waals surface area contributed by atoms with Crippen LogP contribution in [0.15, 0.2) is 84.9 Å².